The largest absolute Gasteiger partial charge is 0.383 e. The number of amidine groups is 1. The second-order valence-electron chi connectivity index (χ2n) is 4.17. The number of alkyl halides is 1. The van der Waals surface area contributed by atoms with Gasteiger partial charge in [0.15, 0.2) is 5.17 Å². The van der Waals surface area contributed by atoms with E-state index in [0.717, 1.165) is 25.0 Å². The SMILES string of the molecule is CCC(CC)N(CCOC)C1=NCC(CBr)S1. The van der Waals surface area contributed by atoms with Crippen LogP contribution in [0.15, 0.2) is 4.99 Å². The maximum Gasteiger partial charge on any atom is 0.159 e. The van der Waals surface area contributed by atoms with E-state index in [9.17, 15) is 0 Å². The van der Waals surface area contributed by atoms with Crippen molar-refractivity contribution in [2.45, 2.75) is 38.0 Å². The van der Waals surface area contributed by atoms with Crippen LogP contribution in [0.5, 0.6) is 0 Å². The van der Waals surface area contributed by atoms with Gasteiger partial charge in [0.2, 0.25) is 0 Å². The molecule has 3 nitrogen and oxygen atoms in total. The van der Waals surface area contributed by atoms with Gasteiger partial charge in [0.25, 0.3) is 0 Å². The first kappa shape index (κ1) is 15.3. The van der Waals surface area contributed by atoms with Crippen molar-refractivity contribution in [3.05, 3.63) is 0 Å². The number of halogens is 1. The summed E-state index contributed by atoms with van der Waals surface area (Å²) in [6.07, 6.45) is 2.33. The van der Waals surface area contributed by atoms with Gasteiger partial charge in [0, 0.05) is 30.3 Å². The van der Waals surface area contributed by atoms with Gasteiger partial charge in [-0.15, -0.1) is 0 Å². The maximum atomic E-state index is 5.21. The molecule has 0 saturated heterocycles. The van der Waals surface area contributed by atoms with Gasteiger partial charge in [-0.2, -0.15) is 0 Å². The van der Waals surface area contributed by atoms with E-state index >= 15 is 0 Å². The van der Waals surface area contributed by atoms with Gasteiger partial charge in [-0.05, 0) is 12.8 Å². The number of hydrogen-bond acceptors (Lipinski definition) is 4. The molecule has 0 radical (unpaired) electrons. The number of nitrogens with zero attached hydrogens (tertiary/aromatic N) is 2. The van der Waals surface area contributed by atoms with E-state index in [2.05, 4.69) is 39.7 Å². The molecular weight excluding hydrogens is 300 g/mol. The summed E-state index contributed by atoms with van der Waals surface area (Å²) in [5.41, 5.74) is 0. The highest BCUT2D eigenvalue weighted by Crippen LogP contribution is 2.27. The molecule has 1 atom stereocenters. The molecule has 1 rings (SSSR count). The zero-order valence-electron chi connectivity index (χ0n) is 11.0. The molecule has 100 valence electrons. The number of methoxy groups -OCH3 is 1. The normalized spacial score (nSPS) is 19.8. The Morgan fingerprint density at radius 3 is 2.71 bits per heavy atom. The van der Waals surface area contributed by atoms with Crippen molar-refractivity contribution in [3.8, 4) is 0 Å². The summed E-state index contributed by atoms with van der Waals surface area (Å²) in [7, 11) is 1.76. The Kier molecular flexibility index (Phi) is 7.55. The van der Waals surface area contributed by atoms with Crippen LogP contribution < -0.4 is 0 Å². The van der Waals surface area contributed by atoms with Gasteiger partial charge in [-0.25, -0.2) is 0 Å². The molecule has 0 N–H and O–H groups in total. The molecule has 0 aromatic heterocycles. The van der Waals surface area contributed by atoms with Crippen LogP contribution in [0.2, 0.25) is 0 Å². The average molecular weight is 323 g/mol. The minimum atomic E-state index is 0.588. The van der Waals surface area contributed by atoms with Gasteiger partial charge in [0.1, 0.15) is 0 Å². The zero-order chi connectivity index (χ0) is 12.7. The summed E-state index contributed by atoms with van der Waals surface area (Å²) < 4.78 is 5.21. The Hall–Kier alpha value is 0.260. The van der Waals surface area contributed by atoms with Crippen LogP contribution >= 0.6 is 27.7 Å². The molecule has 5 heteroatoms. The second kappa shape index (κ2) is 8.38. The third-order valence-electron chi connectivity index (χ3n) is 3.04. The van der Waals surface area contributed by atoms with Crippen LogP contribution in [0.1, 0.15) is 26.7 Å². The Morgan fingerprint density at radius 2 is 2.24 bits per heavy atom. The number of ether oxygens (including phenoxy) is 1. The molecule has 1 aliphatic heterocycles. The molecule has 0 bridgehead atoms. The van der Waals surface area contributed by atoms with Crippen molar-refractivity contribution < 1.29 is 4.74 Å². The third-order valence-corrected chi connectivity index (χ3v) is 5.47. The maximum absolute atomic E-state index is 5.21. The van der Waals surface area contributed by atoms with E-state index in [1.54, 1.807) is 7.11 Å². The van der Waals surface area contributed by atoms with Crippen LogP contribution in [0.25, 0.3) is 0 Å². The van der Waals surface area contributed by atoms with Crippen LogP contribution in [0.4, 0.5) is 0 Å². The lowest BCUT2D eigenvalue weighted by atomic mass is 10.1. The quantitative estimate of drug-likeness (QED) is 0.673. The number of hydrogen-bond donors (Lipinski definition) is 0. The molecule has 0 aliphatic carbocycles. The predicted octanol–water partition coefficient (Wildman–Crippen LogP) is 2.99. The van der Waals surface area contributed by atoms with Gasteiger partial charge < -0.3 is 9.64 Å². The highest BCUT2D eigenvalue weighted by molar-refractivity contribution is 9.09. The van der Waals surface area contributed by atoms with Crippen LogP contribution in [-0.2, 0) is 4.74 Å². The molecule has 0 aromatic rings. The summed E-state index contributed by atoms with van der Waals surface area (Å²) in [6.45, 7) is 7.15. The van der Waals surface area contributed by atoms with Crippen molar-refractivity contribution in [1.82, 2.24) is 4.90 Å². The molecule has 0 fully saturated rings. The summed E-state index contributed by atoms with van der Waals surface area (Å²) >= 11 is 5.44. The fourth-order valence-electron chi connectivity index (χ4n) is 2.00. The molecule has 0 saturated carbocycles. The van der Waals surface area contributed by atoms with Gasteiger partial charge >= 0.3 is 0 Å². The first-order valence-corrected chi connectivity index (χ1v) is 8.29. The molecule has 0 spiro atoms. The number of rotatable bonds is 7. The van der Waals surface area contributed by atoms with Crippen molar-refractivity contribution in [2.24, 2.45) is 4.99 Å². The van der Waals surface area contributed by atoms with Gasteiger partial charge in [0.05, 0.1) is 13.2 Å². The molecular formula is C12H23BrN2OS. The third kappa shape index (κ3) is 4.45. The lowest BCUT2D eigenvalue weighted by molar-refractivity contribution is 0.160. The first-order valence-electron chi connectivity index (χ1n) is 6.29. The van der Waals surface area contributed by atoms with E-state index in [4.69, 9.17) is 4.74 Å². The number of thioether (sulfide) groups is 1. The fraction of sp³-hybridized carbons (Fsp3) is 0.917. The van der Waals surface area contributed by atoms with Gasteiger partial charge in [-0.1, -0.05) is 41.5 Å². The molecule has 0 aromatic carbocycles. The smallest absolute Gasteiger partial charge is 0.159 e. The van der Waals surface area contributed by atoms with E-state index in [1.807, 2.05) is 11.8 Å². The van der Waals surface area contributed by atoms with E-state index in [-0.39, 0.29) is 0 Å². The second-order valence-corrected chi connectivity index (χ2v) is 6.09. The van der Waals surface area contributed by atoms with Crippen LogP contribution in [0, 0.1) is 0 Å². The molecule has 1 heterocycles. The van der Waals surface area contributed by atoms with Crippen LogP contribution in [-0.4, -0.2) is 53.5 Å². The Morgan fingerprint density at radius 1 is 1.53 bits per heavy atom. The summed E-state index contributed by atoms with van der Waals surface area (Å²) in [6, 6.07) is 0.588. The highest BCUT2D eigenvalue weighted by atomic mass is 79.9. The Balaban J connectivity index is 2.62. The van der Waals surface area contributed by atoms with E-state index in [0.29, 0.717) is 11.3 Å². The summed E-state index contributed by atoms with van der Waals surface area (Å²) in [5, 5.41) is 2.83. The van der Waals surface area contributed by atoms with E-state index < -0.39 is 0 Å². The summed E-state index contributed by atoms with van der Waals surface area (Å²) in [4.78, 5) is 7.11. The van der Waals surface area contributed by atoms with Crippen molar-refractivity contribution in [2.75, 3.05) is 32.1 Å². The fourth-order valence-corrected chi connectivity index (χ4v) is 3.63. The monoisotopic (exact) mass is 322 g/mol. The van der Waals surface area contributed by atoms with Gasteiger partial charge in [-0.3, -0.25) is 4.99 Å². The highest BCUT2D eigenvalue weighted by Gasteiger charge is 2.26. The lowest BCUT2D eigenvalue weighted by Crippen LogP contribution is -2.40. The molecule has 1 aliphatic rings. The Bertz CT molecular complexity index is 247. The average Bonchev–Trinajstić information content (AvgIpc) is 2.83. The van der Waals surface area contributed by atoms with E-state index in [1.165, 1.54) is 18.0 Å². The molecule has 1 unspecified atom stereocenters. The lowest BCUT2D eigenvalue weighted by Gasteiger charge is -2.31. The topological polar surface area (TPSA) is 24.8 Å². The van der Waals surface area contributed by atoms with Crippen molar-refractivity contribution in [3.63, 3.8) is 0 Å². The minimum absolute atomic E-state index is 0.588. The predicted molar refractivity (Wildman–Crippen MR) is 80.4 cm³/mol. The Labute approximate surface area is 118 Å². The first-order chi connectivity index (χ1) is 8.26. The zero-order valence-corrected chi connectivity index (χ0v) is 13.4. The number of aliphatic imine (C=N–C) groups is 1. The molecule has 17 heavy (non-hydrogen) atoms. The van der Waals surface area contributed by atoms with Crippen LogP contribution in [0.3, 0.4) is 0 Å². The molecule has 0 amide bonds. The minimum Gasteiger partial charge on any atom is -0.383 e. The standard InChI is InChI=1S/C12H23BrN2OS/c1-4-10(5-2)15(6-7-16-3)12-14-9-11(8-13)17-12/h10-11H,4-9H2,1-3H3. The van der Waals surface area contributed by atoms with Crippen molar-refractivity contribution in [1.29, 1.82) is 0 Å². The van der Waals surface area contributed by atoms with Crippen molar-refractivity contribution >= 4 is 32.9 Å². The summed E-state index contributed by atoms with van der Waals surface area (Å²) in [5.74, 6) is 0.